The van der Waals surface area contributed by atoms with Gasteiger partial charge in [-0.3, -0.25) is 0 Å². The minimum Gasteiger partial charge on any atom is -0.478 e. The summed E-state index contributed by atoms with van der Waals surface area (Å²) >= 11 is 3.43. The highest BCUT2D eigenvalue weighted by atomic mass is 79.9. The maximum Gasteiger partial charge on any atom is 0.213 e. The summed E-state index contributed by atoms with van der Waals surface area (Å²) in [7, 11) is 0. The van der Waals surface area contributed by atoms with Crippen LogP contribution in [-0.4, -0.2) is 11.6 Å². The Kier molecular flexibility index (Phi) is 3.21. The molecule has 0 saturated carbocycles. The molecule has 0 fully saturated rings. The molecule has 1 aromatic heterocycles. The quantitative estimate of drug-likeness (QED) is 0.845. The number of hydrogen-bond donors (Lipinski definition) is 0. The van der Waals surface area contributed by atoms with Gasteiger partial charge in [0, 0.05) is 15.9 Å². The average Bonchev–Trinajstić information content (AvgIpc) is 2.26. The lowest BCUT2D eigenvalue weighted by Crippen LogP contribution is -1.97. The van der Waals surface area contributed by atoms with E-state index in [4.69, 9.17) is 4.74 Å². The normalized spacial score (nSPS) is 10.5. The zero-order valence-electron chi connectivity index (χ0n) is 8.24. The van der Waals surface area contributed by atoms with E-state index in [0.29, 0.717) is 12.5 Å². The fourth-order valence-electron chi connectivity index (χ4n) is 1.33. The number of nitrogens with zero attached hydrogens (tertiary/aromatic N) is 1. The lowest BCUT2D eigenvalue weighted by Gasteiger charge is -2.04. The van der Waals surface area contributed by atoms with Crippen molar-refractivity contribution in [1.29, 1.82) is 0 Å². The fourth-order valence-corrected chi connectivity index (χ4v) is 1.71. The molecule has 0 unspecified atom stereocenters. The maximum atomic E-state index is 5.41. The number of hydrogen-bond acceptors (Lipinski definition) is 2. The van der Waals surface area contributed by atoms with Crippen molar-refractivity contribution < 1.29 is 4.74 Å². The second kappa shape index (κ2) is 4.62. The van der Waals surface area contributed by atoms with Gasteiger partial charge in [-0.2, -0.15) is 0 Å². The largest absolute Gasteiger partial charge is 0.478 e. The van der Waals surface area contributed by atoms with Crippen molar-refractivity contribution in [3.8, 4) is 5.88 Å². The lowest BCUT2D eigenvalue weighted by atomic mass is 10.2. The topological polar surface area (TPSA) is 22.1 Å². The van der Waals surface area contributed by atoms with Gasteiger partial charge < -0.3 is 4.74 Å². The number of aromatic nitrogens is 1. The van der Waals surface area contributed by atoms with Crippen LogP contribution in [0.15, 0.2) is 34.8 Å². The Hall–Kier alpha value is -1.09. The summed E-state index contributed by atoms with van der Waals surface area (Å²) in [4.78, 5) is 4.38. The molecule has 77 valence electrons. The number of rotatable bonds is 3. The molecule has 0 aliphatic rings. The molecule has 0 atom stereocenters. The molecule has 1 aromatic carbocycles. The highest BCUT2D eigenvalue weighted by molar-refractivity contribution is 9.10. The van der Waals surface area contributed by atoms with Gasteiger partial charge in [-0.05, 0) is 37.6 Å². The van der Waals surface area contributed by atoms with Gasteiger partial charge in [0.25, 0.3) is 0 Å². The first-order valence-corrected chi connectivity index (χ1v) is 5.57. The highest BCUT2D eigenvalue weighted by Gasteiger charge is 1.99. The molecule has 2 rings (SSSR count). The first kappa shape index (κ1) is 10.4. The van der Waals surface area contributed by atoms with Crippen molar-refractivity contribution in [2.45, 2.75) is 6.42 Å². The van der Waals surface area contributed by atoms with Gasteiger partial charge >= 0.3 is 0 Å². The van der Waals surface area contributed by atoms with Crippen molar-refractivity contribution in [2.75, 3.05) is 6.61 Å². The SMILES string of the molecule is [CH2]CCOc1ccc2cc(Br)ccc2n1. The molecule has 1 radical (unpaired) electrons. The zero-order valence-corrected chi connectivity index (χ0v) is 9.83. The van der Waals surface area contributed by atoms with Crippen molar-refractivity contribution in [3.05, 3.63) is 41.7 Å². The predicted octanol–water partition coefficient (Wildman–Crippen LogP) is 3.60. The molecule has 0 N–H and O–H groups in total. The molecule has 0 aliphatic heterocycles. The van der Waals surface area contributed by atoms with E-state index < -0.39 is 0 Å². The third-order valence-electron chi connectivity index (χ3n) is 2.02. The first-order valence-electron chi connectivity index (χ1n) is 4.78. The van der Waals surface area contributed by atoms with Crippen LogP contribution in [-0.2, 0) is 0 Å². The first-order chi connectivity index (χ1) is 7.29. The number of benzene rings is 1. The number of halogens is 1. The minimum atomic E-state index is 0.606. The van der Waals surface area contributed by atoms with E-state index in [1.54, 1.807) is 0 Å². The monoisotopic (exact) mass is 264 g/mol. The molecule has 15 heavy (non-hydrogen) atoms. The van der Waals surface area contributed by atoms with Crippen LogP contribution in [0.2, 0.25) is 0 Å². The summed E-state index contributed by atoms with van der Waals surface area (Å²) in [6, 6.07) is 9.86. The summed E-state index contributed by atoms with van der Waals surface area (Å²) in [5, 5.41) is 1.10. The Morgan fingerprint density at radius 3 is 2.93 bits per heavy atom. The van der Waals surface area contributed by atoms with Crippen LogP contribution in [0.5, 0.6) is 5.88 Å². The van der Waals surface area contributed by atoms with E-state index >= 15 is 0 Å². The van der Waals surface area contributed by atoms with E-state index in [9.17, 15) is 0 Å². The summed E-state index contributed by atoms with van der Waals surface area (Å²) in [6.45, 7) is 4.32. The highest BCUT2D eigenvalue weighted by Crippen LogP contribution is 2.20. The third kappa shape index (κ3) is 2.48. The van der Waals surface area contributed by atoms with E-state index in [1.807, 2.05) is 30.3 Å². The molecule has 2 aromatic rings. The van der Waals surface area contributed by atoms with E-state index in [0.717, 1.165) is 21.8 Å². The Bertz CT molecular complexity index is 470. The zero-order chi connectivity index (χ0) is 10.7. The molecule has 0 amide bonds. The Balaban J connectivity index is 2.34. The van der Waals surface area contributed by atoms with Crippen LogP contribution in [0.3, 0.4) is 0 Å². The van der Waals surface area contributed by atoms with Crippen molar-refractivity contribution in [2.24, 2.45) is 0 Å². The smallest absolute Gasteiger partial charge is 0.213 e. The fraction of sp³-hybridized carbons (Fsp3) is 0.167. The molecular formula is C12H11BrNO. The van der Waals surface area contributed by atoms with Crippen molar-refractivity contribution >= 4 is 26.8 Å². The molecule has 0 aliphatic carbocycles. The standard InChI is InChI=1S/C12H11BrNO/c1-2-7-15-12-6-3-9-8-10(13)4-5-11(9)14-12/h3-6,8H,1-2,7H2. The molecule has 1 heterocycles. The number of pyridine rings is 1. The maximum absolute atomic E-state index is 5.41. The summed E-state index contributed by atoms with van der Waals surface area (Å²) in [5.74, 6) is 0.661. The molecule has 0 bridgehead atoms. The number of fused-ring (bicyclic) bond motifs is 1. The number of ether oxygens (including phenoxy) is 1. The van der Waals surface area contributed by atoms with Crippen molar-refractivity contribution in [1.82, 2.24) is 4.98 Å². The van der Waals surface area contributed by atoms with Gasteiger partial charge in [0.1, 0.15) is 0 Å². The molecular weight excluding hydrogens is 254 g/mol. The predicted molar refractivity (Wildman–Crippen MR) is 64.9 cm³/mol. The van der Waals surface area contributed by atoms with Crippen LogP contribution in [0, 0.1) is 6.92 Å². The van der Waals surface area contributed by atoms with E-state index in [-0.39, 0.29) is 0 Å². The van der Waals surface area contributed by atoms with Gasteiger partial charge in [-0.1, -0.05) is 15.9 Å². The molecule has 0 spiro atoms. The molecule has 3 heteroatoms. The Labute approximate surface area is 97.4 Å². The van der Waals surface area contributed by atoms with E-state index in [2.05, 4.69) is 27.8 Å². The Morgan fingerprint density at radius 2 is 2.13 bits per heavy atom. The second-order valence-electron chi connectivity index (χ2n) is 3.19. The van der Waals surface area contributed by atoms with Crippen molar-refractivity contribution in [3.63, 3.8) is 0 Å². The van der Waals surface area contributed by atoms with Gasteiger partial charge in [-0.15, -0.1) is 0 Å². The van der Waals surface area contributed by atoms with Crippen LogP contribution in [0.25, 0.3) is 10.9 Å². The molecule has 0 saturated heterocycles. The van der Waals surface area contributed by atoms with Gasteiger partial charge in [0.05, 0.1) is 12.1 Å². The summed E-state index contributed by atoms with van der Waals surface area (Å²) < 4.78 is 6.47. The second-order valence-corrected chi connectivity index (χ2v) is 4.10. The molecule has 2 nitrogen and oxygen atoms in total. The average molecular weight is 265 g/mol. The van der Waals surface area contributed by atoms with Crippen LogP contribution in [0.1, 0.15) is 6.42 Å². The van der Waals surface area contributed by atoms with Gasteiger partial charge in [0.15, 0.2) is 0 Å². The van der Waals surface area contributed by atoms with E-state index in [1.165, 1.54) is 0 Å². The summed E-state index contributed by atoms with van der Waals surface area (Å²) in [5.41, 5.74) is 0.944. The van der Waals surface area contributed by atoms with Crippen LogP contribution < -0.4 is 4.74 Å². The Morgan fingerprint density at radius 1 is 1.27 bits per heavy atom. The lowest BCUT2D eigenvalue weighted by molar-refractivity contribution is 0.313. The van der Waals surface area contributed by atoms with Crippen LogP contribution >= 0.6 is 15.9 Å². The summed E-state index contributed by atoms with van der Waals surface area (Å²) in [6.07, 6.45) is 0.750. The van der Waals surface area contributed by atoms with Gasteiger partial charge in [0.2, 0.25) is 5.88 Å². The van der Waals surface area contributed by atoms with Gasteiger partial charge in [-0.25, -0.2) is 4.98 Å². The van der Waals surface area contributed by atoms with Crippen LogP contribution in [0.4, 0.5) is 0 Å². The minimum absolute atomic E-state index is 0.606. The third-order valence-corrected chi connectivity index (χ3v) is 2.51.